The summed E-state index contributed by atoms with van der Waals surface area (Å²) in [5.41, 5.74) is 2.23. The van der Waals surface area contributed by atoms with E-state index in [1.54, 1.807) is 12.1 Å². The minimum Gasteiger partial charge on any atom is -0.350 e. The number of halogens is 1. The van der Waals surface area contributed by atoms with Gasteiger partial charge in [-0.1, -0.05) is 35.9 Å². The van der Waals surface area contributed by atoms with Gasteiger partial charge in [0.1, 0.15) is 0 Å². The van der Waals surface area contributed by atoms with E-state index in [0.29, 0.717) is 9.21 Å². The first-order valence-corrected chi connectivity index (χ1v) is 8.30. The summed E-state index contributed by atoms with van der Waals surface area (Å²) in [4.78, 5) is 24.5. The first-order valence-electron chi connectivity index (χ1n) is 7.11. The molecule has 3 nitrogen and oxygen atoms in total. The number of hydrogen-bond acceptors (Lipinski definition) is 3. The topological polar surface area (TPSA) is 46.2 Å². The Morgan fingerprint density at radius 3 is 2.55 bits per heavy atom. The average Bonchev–Trinajstić information content (AvgIpc) is 2.91. The van der Waals surface area contributed by atoms with Crippen LogP contribution in [0.1, 0.15) is 46.6 Å². The molecule has 1 atom stereocenters. The van der Waals surface area contributed by atoms with Crippen molar-refractivity contribution in [2.24, 2.45) is 0 Å². The lowest BCUT2D eigenvalue weighted by molar-refractivity contribution is -0.121. The molecule has 5 heteroatoms. The summed E-state index contributed by atoms with van der Waals surface area (Å²) in [5, 5.41) is 2.94. The Balaban J connectivity index is 1.85. The Bertz CT molecular complexity index is 681. The molecule has 0 radical (unpaired) electrons. The number of rotatable bonds is 6. The fourth-order valence-corrected chi connectivity index (χ4v) is 3.29. The molecular weight excluding hydrogens is 318 g/mol. The van der Waals surface area contributed by atoms with Crippen molar-refractivity contribution in [3.8, 4) is 0 Å². The molecule has 1 aromatic carbocycles. The van der Waals surface area contributed by atoms with Crippen LogP contribution in [0.4, 0.5) is 0 Å². The van der Waals surface area contributed by atoms with E-state index in [1.807, 2.05) is 38.1 Å². The van der Waals surface area contributed by atoms with Crippen LogP contribution in [0.2, 0.25) is 4.34 Å². The fraction of sp³-hybridized carbons (Fsp3) is 0.294. The number of aryl methyl sites for hydroxylation is 1. The van der Waals surface area contributed by atoms with Gasteiger partial charge in [0.15, 0.2) is 5.78 Å². The highest BCUT2D eigenvalue weighted by atomic mass is 35.5. The van der Waals surface area contributed by atoms with Crippen molar-refractivity contribution in [3.05, 3.63) is 56.7 Å². The number of thiophene rings is 1. The summed E-state index contributed by atoms with van der Waals surface area (Å²) in [6.07, 6.45) is 0.383. The quantitative estimate of drug-likeness (QED) is 0.787. The average molecular weight is 336 g/mol. The van der Waals surface area contributed by atoms with Crippen LogP contribution >= 0.6 is 22.9 Å². The number of Topliss-reactive ketones (excluding diaryl/α,β-unsaturated/α-hetero) is 1. The van der Waals surface area contributed by atoms with Gasteiger partial charge in [-0.05, 0) is 37.1 Å². The number of carbonyl (C=O) groups excluding carboxylic acids is 2. The van der Waals surface area contributed by atoms with Crippen LogP contribution in [0.5, 0.6) is 0 Å². The predicted molar refractivity (Wildman–Crippen MR) is 90.6 cm³/mol. The number of ketones is 1. The zero-order chi connectivity index (χ0) is 16.1. The van der Waals surface area contributed by atoms with Crippen molar-refractivity contribution in [1.29, 1.82) is 0 Å². The van der Waals surface area contributed by atoms with E-state index < -0.39 is 0 Å². The van der Waals surface area contributed by atoms with Crippen molar-refractivity contribution >= 4 is 34.6 Å². The third-order valence-electron chi connectivity index (χ3n) is 3.46. The smallest absolute Gasteiger partial charge is 0.220 e. The standard InChI is InChI=1S/C17H18ClNO2S/c1-11-5-3-4-6-13(11)12(2)19-17(21)10-7-14(20)15-8-9-16(18)22-15/h3-6,8-9,12H,7,10H2,1-2H3,(H,19,21). The van der Waals surface area contributed by atoms with Crippen LogP contribution < -0.4 is 5.32 Å². The van der Waals surface area contributed by atoms with Crippen molar-refractivity contribution in [3.63, 3.8) is 0 Å². The zero-order valence-corrected chi connectivity index (χ0v) is 14.1. The number of carbonyl (C=O) groups is 2. The minimum atomic E-state index is -0.119. The van der Waals surface area contributed by atoms with Crippen LogP contribution in [-0.4, -0.2) is 11.7 Å². The molecule has 116 valence electrons. The molecule has 1 heterocycles. The van der Waals surface area contributed by atoms with Gasteiger partial charge >= 0.3 is 0 Å². The van der Waals surface area contributed by atoms with E-state index in [2.05, 4.69) is 5.32 Å². The molecule has 0 aliphatic carbocycles. The maximum absolute atomic E-state index is 12.0. The molecule has 1 N–H and O–H groups in total. The normalized spacial score (nSPS) is 12.0. The first-order chi connectivity index (χ1) is 10.5. The van der Waals surface area contributed by atoms with E-state index in [4.69, 9.17) is 11.6 Å². The summed E-state index contributed by atoms with van der Waals surface area (Å²) >= 11 is 7.05. The van der Waals surface area contributed by atoms with Gasteiger partial charge in [0.2, 0.25) is 5.91 Å². The lowest BCUT2D eigenvalue weighted by atomic mass is 10.0. The maximum Gasteiger partial charge on any atom is 0.220 e. The lowest BCUT2D eigenvalue weighted by Gasteiger charge is -2.16. The van der Waals surface area contributed by atoms with Crippen molar-refractivity contribution < 1.29 is 9.59 Å². The van der Waals surface area contributed by atoms with Crippen molar-refractivity contribution in [2.45, 2.75) is 32.7 Å². The molecule has 0 bridgehead atoms. The number of nitrogens with one attached hydrogen (secondary N) is 1. The van der Waals surface area contributed by atoms with Crippen LogP contribution in [0.25, 0.3) is 0 Å². The summed E-state index contributed by atoms with van der Waals surface area (Å²) in [6.45, 7) is 3.96. The molecular formula is C17H18ClNO2S. The molecule has 1 amide bonds. The van der Waals surface area contributed by atoms with Crippen LogP contribution in [0.3, 0.4) is 0 Å². The molecule has 1 aromatic heterocycles. The summed E-state index contributed by atoms with van der Waals surface area (Å²) < 4.78 is 0.584. The van der Waals surface area contributed by atoms with Gasteiger partial charge in [0, 0.05) is 12.8 Å². The molecule has 22 heavy (non-hydrogen) atoms. The van der Waals surface area contributed by atoms with Crippen LogP contribution in [-0.2, 0) is 4.79 Å². The van der Waals surface area contributed by atoms with Gasteiger partial charge < -0.3 is 5.32 Å². The van der Waals surface area contributed by atoms with Crippen LogP contribution in [0.15, 0.2) is 36.4 Å². The Labute approximate surface area is 139 Å². The minimum absolute atomic E-state index is 0.0457. The summed E-state index contributed by atoms with van der Waals surface area (Å²) in [6, 6.07) is 11.3. The maximum atomic E-state index is 12.0. The molecule has 1 unspecified atom stereocenters. The first kappa shape index (κ1) is 16.7. The van der Waals surface area contributed by atoms with Gasteiger partial charge in [-0.2, -0.15) is 0 Å². The third-order valence-corrected chi connectivity index (χ3v) is 4.73. The van der Waals surface area contributed by atoms with Crippen molar-refractivity contribution in [2.75, 3.05) is 0 Å². The number of benzene rings is 1. The van der Waals surface area contributed by atoms with Crippen LogP contribution in [0, 0.1) is 6.92 Å². The number of hydrogen-bond donors (Lipinski definition) is 1. The Morgan fingerprint density at radius 2 is 1.91 bits per heavy atom. The second-order valence-electron chi connectivity index (χ2n) is 5.17. The molecule has 2 aromatic rings. The second-order valence-corrected chi connectivity index (χ2v) is 6.89. The molecule has 0 aliphatic rings. The third kappa shape index (κ3) is 4.42. The van der Waals surface area contributed by atoms with E-state index in [0.717, 1.165) is 11.1 Å². The molecule has 0 saturated carbocycles. The van der Waals surface area contributed by atoms with E-state index >= 15 is 0 Å². The van der Waals surface area contributed by atoms with Gasteiger partial charge in [-0.3, -0.25) is 9.59 Å². The van der Waals surface area contributed by atoms with Gasteiger partial charge in [0.05, 0.1) is 15.3 Å². The van der Waals surface area contributed by atoms with E-state index in [9.17, 15) is 9.59 Å². The van der Waals surface area contributed by atoms with Gasteiger partial charge in [0.25, 0.3) is 0 Å². The van der Waals surface area contributed by atoms with Gasteiger partial charge in [-0.15, -0.1) is 11.3 Å². The van der Waals surface area contributed by atoms with E-state index in [-0.39, 0.29) is 30.6 Å². The highest BCUT2D eigenvalue weighted by Gasteiger charge is 2.14. The summed E-state index contributed by atoms with van der Waals surface area (Å²) in [5.74, 6) is -0.164. The Hall–Kier alpha value is -1.65. The Morgan fingerprint density at radius 1 is 1.18 bits per heavy atom. The van der Waals surface area contributed by atoms with Crippen molar-refractivity contribution in [1.82, 2.24) is 5.32 Å². The molecule has 0 saturated heterocycles. The zero-order valence-electron chi connectivity index (χ0n) is 12.6. The van der Waals surface area contributed by atoms with E-state index in [1.165, 1.54) is 11.3 Å². The lowest BCUT2D eigenvalue weighted by Crippen LogP contribution is -2.27. The van der Waals surface area contributed by atoms with Gasteiger partial charge in [-0.25, -0.2) is 0 Å². The largest absolute Gasteiger partial charge is 0.350 e. The predicted octanol–water partition coefficient (Wildman–Crippen LogP) is 4.55. The summed E-state index contributed by atoms with van der Waals surface area (Å²) in [7, 11) is 0. The molecule has 2 rings (SSSR count). The fourth-order valence-electron chi connectivity index (χ4n) is 2.28. The monoisotopic (exact) mass is 335 g/mol. The second kappa shape index (κ2) is 7.56. The highest BCUT2D eigenvalue weighted by Crippen LogP contribution is 2.23. The Kier molecular flexibility index (Phi) is 5.75. The molecule has 0 spiro atoms. The molecule has 0 aliphatic heterocycles. The highest BCUT2D eigenvalue weighted by molar-refractivity contribution is 7.18. The number of amides is 1. The SMILES string of the molecule is Cc1ccccc1C(C)NC(=O)CCC(=O)c1ccc(Cl)s1. The molecule has 0 fully saturated rings.